The number of rotatable bonds is 16. The number of hydrogen-bond acceptors (Lipinski definition) is 8. The van der Waals surface area contributed by atoms with Gasteiger partial charge in [-0.2, -0.15) is 0 Å². The van der Waals surface area contributed by atoms with Gasteiger partial charge in [0.05, 0.1) is 23.7 Å². The molecule has 1 fully saturated rings. The molecule has 2 aliphatic heterocycles. The first-order valence-corrected chi connectivity index (χ1v) is 22.4. The number of ether oxygens (including phenoxy) is 1. The molecule has 5 aromatic rings. The summed E-state index contributed by atoms with van der Waals surface area (Å²) in [5.74, 6) is -0.895. The van der Waals surface area contributed by atoms with Gasteiger partial charge in [0.2, 0.25) is 0 Å². The van der Waals surface area contributed by atoms with E-state index in [0.717, 1.165) is 68.1 Å². The second kappa shape index (κ2) is 19.1. The van der Waals surface area contributed by atoms with E-state index in [0.29, 0.717) is 69.4 Å². The number of nitrogens with one attached hydrogen (secondary N) is 1. The number of morpholine rings is 1. The average molecular weight is 819 g/mol. The van der Waals surface area contributed by atoms with E-state index >= 15 is 0 Å². The maximum absolute atomic E-state index is 14.8. The van der Waals surface area contributed by atoms with Crippen molar-refractivity contribution in [3.8, 4) is 11.4 Å². The Morgan fingerprint density at radius 1 is 0.797 bits per heavy atom. The van der Waals surface area contributed by atoms with Crippen molar-refractivity contribution in [3.63, 3.8) is 0 Å². The number of amides is 3. The first kappa shape index (κ1) is 41.8. The highest BCUT2D eigenvalue weighted by atomic mass is 32.2. The smallest absolute Gasteiger partial charge is 0.274 e. The molecule has 0 radical (unpaired) electrons. The molecule has 13 heteroatoms. The van der Waals surface area contributed by atoms with Crippen molar-refractivity contribution in [1.29, 1.82) is 0 Å². The molecule has 4 aromatic carbocycles. The van der Waals surface area contributed by atoms with Crippen molar-refractivity contribution in [2.24, 2.45) is 0 Å². The second-order valence-corrected chi connectivity index (χ2v) is 17.1. The molecule has 0 bridgehead atoms. The Balaban J connectivity index is 1.26. The molecule has 0 spiro atoms. The van der Waals surface area contributed by atoms with Crippen LogP contribution in [0, 0.1) is 0 Å². The molecule has 1 saturated heterocycles. The zero-order chi connectivity index (χ0) is 41.4. The van der Waals surface area contributed by atoms with Crippen LogP contribution < -0.4 is 4.72 Å². The van der Waals surface area contributed by atoms with E-state index in [-0.39, 0.29) is 27.8 Å². The molecule has 12 nitrogen and oxygen atoms in total. The third kappa shape index (κ3) is 9.92. The number of unbranched alkanes of at least 4 members (excludes halogenated alkanes) is 2. The number of carbonyl (C=O) groups is 3. The van der Waals surface area contributed by atoms with Crippen LogP contribution in [0.3, 0.4) is 0 Å². The van der Waals surface area contributed by atoms with Crippen LogP contribution in [0.15, 0.2) is 96.0 Å². The highest BCUT2D eigenvalue weighted by molar-refractivity contribution is 7.90. The average Bonchev–Trinajstić information content (AvgIpc) is 3.69. The number of benzene rings is 4. The lowest BCUT2D eigenvalue weighted by Crippen LogP contribution is -2.37. The number of aromatic nitrogens is 2. The van der Waals surface area contributed by atoms with Gasteiger partial charge in [-0.25, -0.2) is 18.1 Å². The van der Waals surface area contributed by atoms with Gasteiger partial charge in [0.15, 0.2) is 0 Å². The topological polar surface area (TPSA) is 134 Å². The van der Waals surface area contributed by atoms with Crippen molar-refractivity contribution >= 4 is 38.5 Å². The molecule has 1 N–H and O–H groups in total. The van der Waals surface area contributed by atoms with Crippen molar-refractivity contribution in [2.45, 2.75) is 70.4 Å². The van der Waals surface area contributed by atoms with E-state index in [9.17, 15) is 22.8 Å². The molecule has 0 unspecified atom stereocenters. The minimum atomic E-state index is -4.27. The number of carbonyl (C=O) groups excluding carboxylic acids is 3. The number of hydrogen-bond donors (Lipinski definition) is 1. The third-order valence-corrected chi connectivity index (χ3v) is 12.6. The number of imidazole rings is 1. The highest BCUT2D eigenvalue weighted by Gasteiger charge is 2.29. The van der Waals surface area contributed by atoms with Gasteiger partial charge in [-0.15, -0.1) is 0 Å². The zero-order valence-electron chi connectivity index (χ0n) is 34.1. The minimum Gasteiger partial charge on any atom is -0.379 e. The molecule has 0 aliphatic carbocycles. The number of fused-ring (bicyclic) bond motifs is 2. The Hall–Kier alpha value is -5.37. The molecule has 0 atom stereocenters. The molecule has 7 rings (SSSR count). The summed E-state index contributed by atoms with van der Waals surface area (Å²) in [7, 11) is -4.27. The van der Waals surface area contributed by atoms with Crippen LogP contribution in [0.25, 0.3) is 22.2 Å². The number of aryl methyl sites for hydroxylation is 1. The summed E-state index contributed by atoms with van der Waals surface area (Å²) in [6.07, 6.45) is 6.89. The Bertz CT molecular complexity index is 2400. The SMILES string of the molecule is CCCCN(CCCC)C(=O)c1cn(CCCN2CCOCC2)c(-c2ccc(C(=O)NS(=O)(=O)c3ccc4ccccc4c3)cc2C(=O)N2CCc3ccccc3C2)n1. The van der Waals surface area contributed by atoms with Crippen LogP contribution >= 0.6 is 0 Å². The molecule has 3 heterocycles. The van der Waals surface area contributed by atoms with Gasteiger partial charge in [-0.1, -0.05) is 81.3 Å². The van der Waals surface area contributed by atoms with Crippen LogP contribution in [0.4, 0.5) is 0 Å². The van der Waals surface area contributed by atoms with E-state index in [1.54, 1.807) is 23.2 Å². The lowest BCUT2D eigenvalue weighted by Gasteiger charge is -2.29. The second-order valence-electron chi connectivity index (χ2n) is 15.4. The molecule has 3 amide bonds. The van der Waals surface area contributed by atoms with Crippen LogP contribution in [-0.4, -0.2) is 103 Å². The fourth-order valence-electron chi connectivity index (χ4n) is 7.84. The maximum Gasteiger partial charge on any atom is 0.274 e. The molecular formula is C46H54N6O6S. The predicted octanol–water partition coefficient (Wildman–Crippen LogP) is 6.79. The third-order valence-electron chi connectivity index (χ3n) is 11.3. The first-order chi connectivity index (χ1) is 28.6. The lowest BCUT2D eigenvalue weighted by atomic mass is 9.97. The van der Waals surface area contributed by atoms with Gasteiger partial charge in [0.25, 0.3) is 27.7 Å². The summed E-state index contributed by atoms with van der Waals surface area (Å²) < 4.78 is 36.9. The van der Waals surface area contributed by atoms with E-state index in [1.165, 1.54) is 29.8 Å². The molecule has 0 saturated carbocycles. The monoisotopic (exact) mass is 818 g/mol. The summed E-state index contributed by atoms with van der Waals surface area (Å²) in [5.41, 5.74) is 3.19. The fourth-order valence-corrected chi connectivity index (χ4v) is 8.85. The molecular weight excluding hydrogens is 765 g/mol. The minimum absolute atomic E-state index is 0.00547. The molecule has 310 valence electrons. The van der Waals surface area contributed by atoms with Crippen molar-refractivity contribution in [1.82, 2.24) is 29.0 Å². The number of sulfonamides is 1. The van der Waals surface area contributed by atoms with Crippen LogP contribution in [0.2, 0.25) is 0 Å². The highest BCUT2D eigenvalue weighted by Crippen LogP contribution is 2.30. The zero-order valence-corrected chi connectivity index (χ0v) is 34.9. The number of nitrogens with zero attached hydrogens (tertiary/aromatic N) is 5. The van der Waals surface area contributed by atoms with Gasteiger partial charge in [-0.3, -0.25) is 19.3 Å². The van der Waals surface area contributed by atoms with E-state index in [2.05, 4.69) is 29.5 Å². The van der Waals surface area contributed by atoms with E-state index < -0.39 is 15.9 Å². The van der Waals surface area contributed by atoms with Gasteiger partial charge >= 0.3 is 0 Å². The summed E-state index contributed by atoms with van der Waals surface area (Å²) in [5, 5.41) is 1.59. The normalized spacial score (nSPS) is 14.6. The molecule has 59 heavy (non-hydrogen) atoms. The van der Waals surface area contributed by atoms with Gasteiger partial charge in [0.1, 0.15) is 11.5 Å². The summed E-state index contributed by atoms with van der Waals surface area (Å²) in [4.78, 5) is 53.7. The van der Waals surface area contributed by atoms with E-state index in [4.69, 9.17) is 9.72 Å². The van der Waals surface area contributed by atoms with Crippen LogP contribution in [-0.2, 0) is 34.3 Å². The predicted molar refractivity (Wildman–Crippen MR) is 229 cm³/mol. The van der Waals surface area contributed by atoms with Crippen LogP contribution in [0.1, 0.15) is 88.3 Å². The Morgan fingerprint density at radius 3 is 2.25 bits per heavy atom. The molecule has 1 aromatic heterocycles. The van der Waals surface area contributed by atoms with E-state index in [1.807, 2.05) is 51.9 Å². The van der Waals surface area contributed by atoms with Crippen molar-refractivity contribution < 1.29 is 27.5 Å². The van der Waals surface area contributed by atoms with Gasteiger partial charge in [-0.05, 0) is 77.9 Å². The van der Waals surface area contributed by atoms with Crippen molar-refractivity contribution in [2.75, 3.05) is 52.5 Å². The first-order valence-electron chi connectivity index (χ1n) is 20.9. The Kier molecular flexibility index (Phi) is 13.5. The van der Waals surface area contributed by atoms with Crippen LogP contribution in [0.5, 0.6) is 0 Å². The summed E-state index contributed by atoms with van der Waals surface area (Å²) in [6.45, 7) is 10.7. The Labute approximate surface area is 347 Å². The lowest BCUT2D eigenvalue weighted by molar-refractivity contribution is 0.0369. The Morgan fingerprint density at radius 2 is 1.51 bits per heavy atom. The van der Waals surface area contributed by atoms with Gasteiger partial charge < -0.3 is 19.1 Å². The quantitative estimate of drug-likeness (QED) is 0.115. The maximum atomic E-state index is 14.8. The van der Waals surface area contributed by atoms with Crippen molar-refractivity contribution in [3.05, 3.63) is 119 Å². The standard InChI is InChI=1S/C46H54N6O6S/c1-3-5-22-50(23-6-4-2)46(55)42-33-51(24-11-21-49-26-28-58-29-27-49)43(47-42)40-19-17-37(31-41(40)45(54)52-25-20-35-13-8-10-15-38(35)32-52)44(53)48-59(56,57)39-18-16-34-12-7-9-14-36(34)30-39/h7-10,12-19,30-31,33H,3-6,11,20-29,32H2,1-2H3,(H,48,53). The summed E-state index contributed by atoms with van der Waals surface area (Å²) >= 11 is 0. The van der Waals surface area contributed by atoms with Gasteiger partial charge in [0, 0.05) is 69.7 Å². The molecule has 2 aliphatic rings. The summed E-state index contributed by atoms with van der Waals surface area (Å²) in [6, 6.07) is 24.7. The largest absolute Gasteiger partial charge is 0.379 e. The fraction of sp³-hybridized carbons (Fsp3) is 0.391.